The maximum atomic E-state index is 13.5. The molecule has 35 heavy (non-hydrogen) atoms. The Morgan fingerprint density at radius 2 is 1.57 bits per heavy atom. The lowest BCUT2D eigenvalue weighted by Crippen LogP contribution is -2.54. The number of fused-ring (bicyclic) bond motifs is 1. The highest BCUT2D eigenvalue weighted by Gasteiger charge is 2.44. The van der Waals surface area contributed by atoms with Crippen molar-refractivity contribution in [3.8, 4) is 0 Å². The van der Waals surface area contributed by atoms with Crippen LogP contribution in [0.3, 0.4) is 0 Å². The standard InChI is InChI=1S/C26H34N4O4S/c1-35(33,34)23-11-10-22(18-6-2-3-7-19(18)23)29-14-16-30(17-15-29)25(32)21-9-5-4-8-20(21)24(31)28-26(27)12-13-26/h2-3,6-7,10-11,20-21H,4-5,8-9,12-17,27H2,1H3,(H,28,31)/t20-,21-/m1/s1. The Bertz CT molecular complexity index is 1250. The van der Waals surface area contributed by atoms with E-state index in [1.54, 1.807) is 6.07 Å². The van der Waals surface area contributed by atoms with Crippen LogP contribution in [0.4, 0.5) is 5.69 Å². The minimum Gasteiger partial charge on any atom is -0.367 e. The molecule has 0 radical (unpaired) electrons. The van der Waals surface area contributed by atoms with E-state index >= 15 is 0 Å². The molecule has 2 aromatic carbocycles. The lowest BCUT2D eigenvalue weighted by Gasteiger charge is -2.40. The first-order valence-corrected chi connectivity index (χ1v) is 14.4. The molecule has 0 bridgehead atoms. The summed E-state index contributed by atoms with van der Waals surface area (Å²) in [5.74, 6) is -0.585. The Morgan fingerprint density at radius 1 is 0.943 bits per heavy atom. The van der Waals surface area contributed by atoms with Crippen LogP contribution in [0, 0.1) is 11.8 Å². The van der Waals surface area contributed by atoms with E-state index in [1.165, 1.54) is 6.26 Å². The SMILES string of the molecule is CS(=O)(=O)c1ccc(N2CCN(C(=O)[C@@H]3CCCC[C@H]3C(=O)NC3(N)CC3)CC2)c2ccccc12. The van der Waals surface area contributed by atoms with Gasteiger partial charge in [0.2, 0.25) is 11.8 Å². The first-order valence-electron chi connectivity index (χ1n) is 12.5. The number of carbonyl (C=O) groups excluding carboxylic acids is 2. The van der Waals surface area contributed by atoms with Gasteiger partial charge in [0.05, 0.1) is 10.6 Å². The number of hydrogen-bond donors (Lipinski definition) is 2. The van der Waals surface area contributed by atoms with Crippen LogP contribution in [0.15, 0.2) is 41.3 Å². The highest BCUT2D eigenvalue weighted by atomic mass is 32.2. The summed E-state index contributed by atoms with van der Waals surface area (Å²) >= 11 is 0. The molecule has 1 aliphatic heterocycles. The molecule has 5 rings (SSSR count). The van der Waals surface area contributed by atoms with Gasteiger partial charge in [-0.1, -0.05) is 37.1 Å². The third kappa shape index (κ3) is 4.89. The molecular weight excluding hydrogens is 464 g/mol. The number of nitrogens with zero attached hydrogens (tertiary/aromatic N) is 2. The molecule has 8 nitrogen and oxygen atoms in total. The lowest BCUT2D eigenvalue weighted by molar-refractivity contribution is -0.144. The van der Waals surface area contributed by atoms with Gasteiger partial charge in [-0.3, -0.25) is 9.59 Å². The smallest absolute Gasteiger partial charge is 0.226 e. The molecule has 0 unspecified atom stereocenters. The first kappa shape index (κ1) is 24.1. The lowest BCUT2D eigenvalue weighted by atomic mass is 9.77. The number of benzene rings is 2. The van der Waals surface area contributed by atoms with Crippen molar-refractivity contribution in [2.75, 3.05) is 37.3 Å². The summed E-state index contributed by atoms with van der Waals surface area (Å²) in [5, 5.41) is 4.58. The van der Waals surface area contributed by atoms with Crippen molar-refractivity contribution in [2.24, 2.45) is 17.6 Å². The molecule has 0 aromatic heterocycles. The summed E-state index contributed by atoms with van der Waals surface area (Å²) in [7, 11) is -3.34. The summed E-state index contributed by atoms with van der Waals surface area (Å²) in [6.45, 7) is 2.46. The Morgan fingerprint density at radius 3 is 2.20 bits per heavy atom. The highest BCUT2D eigenvalue weighted by Crippen LogP contribution is 2.36. The van der Waals surface area contributed by atoms with Crippen molar-refractivity contribution >= 4 is 38.1 Å². The maximum absolute atomic E-state index is 13.5. The van der Waals surface area contributed by atoms with Gasteiger partial charge in [0.25, 0.3) is 0 Å². The van der Waals surface area contributed by atoms with Crippen molar-refractivity contribution in [1.82, 2.24) is 10.2 Å². The fourth-order valence-corrected chi connectivity index (χ4v) is 6.49. The van der Waals surface area contributed by atoms with Crippen LogP contribution in [-0.4, -0.2) is 63.2 Å². The van der Waals surface area contributed by atoms with Crippen molar-refractivity contribution < 1.29 is 18.0 Å². The number of anilines is 1. The van der Waals surface area contributed by atoms with Gasteiger partial charge >= 0.3 is 0 Å². The number of hydrogen-bond acceptors (Lipinski definition) is 6. The van der Waals surface area contributed by atoms with Crippen molar-refractivity contribution in [1.29, 1.82) is 0 Å². The van der Waals surface area contributed by atoms with Gasteiger partial charge in [-0.15, -0.1) is 0 Å². The number of nitrogens with two attached hydrogens (primary N) is 1. The van der Waals surface area contributed by atoms with Crippen LogP contribution < -0.4 is 16.0 Å². The van der Waals surface area contributed by atoms with Crippen LogP contribution in [0.2, 0.25) is 0 Å². The molecule has 2 atom stereocenters. The minimum absolute atomic E-state index is 0.0703. The van der Waals surface area contributed by atoms with Gasteiger partial charge in [-0.2, -0.15) is 0 Å². The zero-order valence-electron chi connectivity index (χ0n) is 20.2. The second-order valence-corrected chi connectivity index (χ2v) is 12.3. The molecule has 9 heteroatoms. The molecule has 1 heterocycles. The molecule has 2 amide bonds. The predicted octanol–water partition coefficient (Wildman–Crippen LogP) is 2.26. The summed E-state index contributed by atoms with van der Waals surface area (Å²) < 4.78 is 24.5. The topological polar surface area (TPSA) is 113 Å². The van der Waals surface area contributed by atoms with E-state index in [0.29, 0.717) is 31.1 Å². The van der Waals surface area contributed by atoms with Crippen molar-refractivity contribution in [2.45, 2.75) is 49.1 Å². The molecule has 1 saturated heterocycles. The van der Waals surface area contributed by atoms with E-state index in [9.17, 15) is 18.0 Å². The van der Waals surface area contributed by atoms with Gasteiger partial charge in [0.15, 0.2) is 9.84 Å². The van der Waals surface area contributed by atoms with Gasteiger partial charge in [-0.05, 0) is 37.8 Å². The molecule has 0 spiro atoms. The third-order valence-electron chi connectivity index (χ3n) is 7.77. The molecule has 188 valence electrons. The molecule has 2 aliphatic carbocycles. The average molecular weight is 499 g/mol. The molecule has 2 saturated carbocycles. The fourth-order valence-electron chi connectivity index (χ4n) is 5.59. The zero-order chi connectivity index (χ0) is 24.8. The van der Waals surface area contributed by atoms with E-state index in [2.05, 4.69) is 10.2 Å². The normalized spacial score (nSPS) is 24.3. The Labute approximate surface area is 206 Å². The van der Waals surface area contributed by atoms with Crippen LogP contribution in [-0.2, 0) is 19.4 Å². The van der Waals surface area contributed by atoms with Crippen LogP contribution in [0.5, 0.6) is 0 Å². The van der Waals surface area contributed by atoms with Gasteiger partial charge in [-0.25, -0.2) is 8.42 Å². The van der Waals surface area contributed by atoms with Gasteiger partial charge < -0.3 is 20.9 Å². The Balaban J connectivity index is 1.29. The summed E-state index contributed by atoms with van der Waals surface area (Å²) in [6, 6.07) is 11.1. The van der Waals surface area contributed by atoms with E-state index in [1.807, 2.05) is 35.2 Å². The summed E-state index contributed by atoms with van der Waals surface area (Å²) in [4.78, 5) is 30.8. The monoisotopic (exact) mass is 498 g/mol. The van der Waals surface area contributed by atoms with E-state index < -0.39 is 15.5 Å². The van der Waals surface area contributed by atoms with Gasteiger partial charge in [0, 0.05) is 60.7 Å². The maximum Gasteiger partial charge on any atom is 0.226 e. The Kier molecular flexibility index (Phi) is 6.25. The minimum atomic E-state index is -3.34. The highest BCUT2D eigenvalue weighted by molar-refractivity contribution is 7.91. The van der Waals surface area contributed by atoms with Gasteiger partial charge in [0.1, 0.15) is 0 Å². The molecule has 3 fully saturated rings. The number of nitrogens with one attached hydrogen (secondary N) is 1. The second-order valence-electron chi connectivity index (χ2n) is 10.4. The second kappa shape index (κ2) is 9.09. The van der Waals surface area contributed by atoms with E-state index in [-0.39, 0.29) is 23.7 Å². The third-order valence-corrected chi connectivity index (χ3v) is 8.93. The fraction of sp³-hybridized carbons (Fsp3) is 0.538. The summed E-state index contributed by atoms with van der Waals surface area (Å²) in [6.07, 6.45) is 6.23. The number of rotatable bonds is 5. The molecule has 3 aliphatic rings. The number of amides is 2. The van der Waals surface area contributed by atoms with Crippen molar-refractivity contribution in [3.63, 3.8) is 0 Å². The number of carbonyl (C=O) groups is 2. The number of piperazine rings is 1. The molecule has 2 aromatic rings. The first-order chi connectivity index (χ1) is 16.7. The van der Waals surface area contributed by atoms with Crippen LogP contribution >= 0.6 is 0 Å². The average Bonchev–Trinajstić information content (AvgIpc) is 3.58. The number of sulfone groups is 1. The summed E-state index contributed by atoms with van der Waals surface area (Å²) in [5.41, 5.74) is 6.51. The van der Waals surface area contributed by atoms with Crippen LogP contribution in [0.1, 0.15) is 38.5 Å². The van der Waals surface area contributed by atoms with E-state index in [4.69, 9.17) is 5.73 Å². The van der Waals surface area contributed by atoms with Crippen molar-refractivity contribution in [3.05, 3.63) is 36.4 Å². The molecular formula is C26H34N4O4S. The van der Waals surface area contributed by atoms with Crippen LogP contribution in [0.25, 0.3) is 10.8 Å². The Hall–Kier alpha value is -2.65. The molecule has 3 N–H and O–H groups in total. The largest absolute Gasteiger partial charge is 0.367 e. The predicted molar refractivity (Wildman–Crippen MR) is 136 cm³/mol. The zero-order valence-corrected chi connectivity index (χ0v) is 21.0. The van der Waals surface area contributed by atoms with E-state index in [0.717, 1.165) is 55.0 Å². The quantitative estimate of drug-likeness (QED) is 0.612.